The number of guanidine groups is 1. The number of hydrogen-bond acceptors (Lipinski definition) is 4. The first-order chi connectivity index (χ1) is 11.0. The van der Waals surface area contributed by atoms with E-state index in [9.17, 15) is 9.59 Å². The number of unbranched alkanes of at least 4 members (excludes halogenated alkanes) is 1. The minimum absolute atomic E-state index is 0.0426. The number of hydrogen-bond donors (Lipinski definition) is 2. The van der Waals surface area contributed by atoms with Gasteiger partial charge in [-0.2, -0.15) is 0 Å². The van der Waals surface area contributed by atoms with Gasteiger partial charge in [-0.3, -0.25) is 14.6 Å². The molecule has 0 aromatic rings. The maximum absolute atomic E-state index is 12.0. The van der Waals surface area contributed by atoms with Gasteiger partial charge in [0.1, 0.15) is 0 Å². The van der Waals surface area contributed by atoms with Crippen molar-refractivity contribution in [2.45, 2.75) is 45.6 Å². The molecule has 0 spiro atoms. The average molecular weight is 326 g/mol. The van der Waals surface area contributed by atoms with E-state index < -0.39 is 0 Å². The SMILES string of the molecule is CN=C(NCCCCC(=O)OC)NC1CCN(C(=O)C(C)C)C1. The van der Waals surface area contributed by atoms with Crippen molar-refractivity contribution in [1.82, 2.24) is 15.5 Å². The highest BCUT2D eigenvalue weighted by molar-refractivity contribution is 5.81. The number of likely N-dealkylation sites (tertiary alicyclic amines) is 1. The number of methoxy groups -OCH3 is 1. The Labute approximate surface area is 138 Å². The third kappa shape index (κ3) is 6.88. The summed E-state index contributed by atoms with van der Waals surface area (Å²) in [7, 11) is 3.14. The van der Waals surface area contributed by atoms with Crippen molar-refractivity contribution in [2.75, 3.05) is 33.8 Å². The Hall–Kier alpha value is -1.79. The molecule has 1 fully saturated rings. The zero-order valence-corrected chi connectivity index (χ0v) is 14.7. The lowest BCUT2D eigenvalue weighted by Crippen LogP contribution is -2.45. The minimum Gasteiger partial charge on any atom is -0.469 e. The molecule has 1 atom stereocenters. The summed E-state index contributed by atoms with van der Waals surface area (Å²) in [4.78, 5) is 29.1. The zero-order chi connectivity index (χ0) is 17.2. The van der Waals surface area contributed by atoms with Gasteiger partial charge < -0.3 is 20.3 Å². The largest absolute Gasteiger partial charge is 0.469 e. The molecule has 1 rings (SSSR count). The summed E-state index contributed by atoms with van der Waals surface area (Å²) in [6.07, 6.45) is 3.04. The van der Waals surface area contributed by atoms with Crippen LogP contribution in [-0.2, 0) is 14.3 Å². The topological polar surface area (TPSA) is 83.0 Å². The van der Waals surface area contributed by atoms with E-state index in [1.54, 1.807) is 7.05 Å². The lowest BCUT2D eigenvalue weighted by Gasteiger charge is -2.20. The fourth-order valence-electron chi connectivity index (χ4n) is 2.53. The maximum atomic E-state index is 12.0. The second kappa shape index (κ2) is 10.1. The highest BCUT2D eigenvalue weighted by atomic mass is 16.5. The van der Waals surface area contributed by atoms with Crippen molar-refractivity contribution in [3.05, 3.63) is 0 Å². The van der Waals surface area contributed by atoms with E-state index in [4.69, 9.17) is 0 Å². The smallest absolute Gasteiger partial charge is 0.305 e. The molecule has 0 bridgehead atoms. The number of aliphatic imine (C=N–C) groups is 1. The lowest BCUT2D eigenvalue weighted by atomic mass is 10.2. The van der Waals surface area contributed by atoms with Crippen LogP contribution in [0.1, 0.15) is 39.5 Å². The van der Waals surface area contributed by atoms with Crippen LogP contribution in [0.25, 0.3) is 0 Å². The van der Waals surface area contributed by atoms with Crippen molar-refractivity contribution in [2.24, 2.45) is 10.9 Å². The van der Waals surface area contributed by atoms with Gasteiger partial charge in [0.15, 0.2) is 5.96 Å². The highest BCUT2D eigenvalue weighted by Crippen LogP contribution is 2.12. The molecule has 1 unspecified atom stereocenters. The van der Waals surface area contributed by atoms with E-state index in [2.05, 4.69) is 20.4 Å². The van der Waals surface area contributed by atoms with Crippen LogP contribution in [0.4, 0.5) is 0 Å². The number of ether oxygens (including phenoxy) is 1. The van der Waals surface area contributed by atoms with E-state index in [0.717, 1.165) is 44.9 Å². The Morgan fingerprint density at radius 1 is 1.35 bits per heavy atom. The van der Waals surface area contributed by atoms with E-state index in [1.807, 2.05) is 18.7 Å². The van der Waals surface area contributed by atoms with Crippen molar-refractivity contribution in [3.8, 4) is 0 Å². The maximum Gasteiger partial charge on any atom is 0.305 e. The summed E-state index contributed by atoms with van der Waals surface area (Å²) in [6.45, 7) is 6.12. The van der Waals surface area contributed by atoms with Crippen LogP contribution in [-0.4, -0.2) is 62.6 Å². The molecule has 0 radical (unpaired) electrons. The van der Waals surface area contributed by atoms with Gasteiger partial charge in [0.05, 0.1) is 7.11 Å². The van der Waals surface area contributed by atoms with Crippen LogP contribution in [0, 0.1) is 5.92 Å². The van der Waals surface area contributed by atoms with Gasteiger partial charge in [0, 0.05) is 45.1 Å². The Bertz CT molecular complexity index is 424. The average Bonchev–Trinajstić information content (AvgIpc) is 3.00. The molecule has 7 nitrogen and oxygen atoms in total. The van der Waals surface area contributed by atoms with Gasteiger partial charge in [-0.1, -0.05) is 13.8 Å². The first-order valence-corrected chi connectivity index (χ1v) is 8.30. The van der Waals surface area contributed by atoms with E-state index >= 15 is 0 Å². The lowest BCUT2D eigenvalue weighted by molar-refractivity contribution is -0.140. The normalized spacial score (nSPS) is 18.2. The Balaban J connectivity index is 2.24. The molecule has 0 aromatic carbocycles. The monoisotopic (exact) mass is 326 g/mol. The van der Waals surface area contributed by atoms with Gasteiger partial charge in [-0.05, 0) is 19.3 Å². The van der Waals surface area contributed by atoms with Gasteiger partial charge >= 0.3 is 5.97 Å². The quantitative estimate of drug-likeness (QED) is 0.312. The summed E-state index contributed by atoms with van der Waals surface area (Å²) in [5.41, 5.74) is 0. The van der Waals surface area contributed by atoms with Crippen molar-refractivity contribution in [1.29, 1.82) is 0 Å². The number of esters is 1. The Morgan fingerprint density at radius 2 is 2.09 bits per heavy atom. The standard InChI is InChI=1S/C16H30N4O3/c1-12(2)15(22)20-10-8-13(11-20)19-16(17-3)18-9-6-5-7-14(21)23-4/h12-13H,5-11H2,1-4H3,(H2,17,18,19). The van der Waals surface area contributed by atoms with E-state index in [-0.39, 0.29) is 23.8 Å². The summed E-state index contributed by atoms with van der Waals surface area (Å²) in [6, 6.07) is 0.235. The van der Waals surface area contributed by atoms with Crippen molar-refractivity contribution < 1.29 is 14.3 Å². The second-order valence-corrected chi connectivity index (χ2v) is 6.10. The molecule has 1 saturated heterocycles. The molecule has 23 heavy (non-hydrogen) atoms. The van der Waals surface area contributed by atoms with Gasteiger partial charge in [-0.15, -0.1) is 0 Å². The van der Waals surface area contributed by atoms with Crippen LogP contribution < -0.4 is 10.6 Å². The van der Waals surface area contributed by atoms with E-state index in [1.165, 1.54) is 7.11 Å². The highest BCUT2D eigenvalue weighted by Gasteiger charge is 2.27. The Morgan fingerprint density at radius 3 is 2.70 bits per heavy atom. The van der Waals surface area contributed by atoms with Crippen LogP contribution in [0.3, 0.4) is 0 Å². The predicted molar refractivity (Wildman–Crippen MR) is 90.2 cm³/mol. The number of rotatable bonds is 7. The van der Waals surface area contributed by atoms with Crippen LogP contribution >= 0.6 is 0 Å². The number of nitrogens with one attached hydrogen (secondary N) is 2. The predicted octanol–water partition coefficient (Wildman–Crippen LogP) is 0.752. The van der Waals surface area contributed by atoms with Crippen LogP contribution in [0.15, 0.2) is 4.99 Å². The summed E-state index contributed by atoms with van der Waals surface area (Å²) < 4.78 is 4.61. The van der Waals surface area contributed by atoms with Gasteiger partial charge in [0.2, 0.25) is 5.91 Å². The summed E-state index contributed by atoms with van der Waals surface area (Å²) in [5.74, 6) is 0.821. The molecule has 2 N–H and O–H groups in total. The number of amides is 1. The summed E-state index contributed by atoms with van der Waals surface area (Å²) in [5, 5.41) is 6.59. The molecule has 132 valence electrons. The zero-order valence-electron chi connectivity index (χ0n) is 14.7. The fraction of sp³-hybridized carbons (Fsp3) is 0.812. The first kappa shape index (κ1) is 19.3. The first-order valence-electron chi connectivity index (χ1n) is 8.30. The van der Waals surface area contributed by atoms with E-state index in [0.29, 0.717) is 6.42 Å². The van der Waals surface area contributed by atoms with Crippen LogP contribution in [0.2, 0.25) is 0 Å². The molecule has 1 aliphatic heterocycles. The third-order valence-corrected chi connectivity index (χ3v) is 3.89. The molecule has 0 aromatic heterocycles. The summed E-state index contributed by atoms with van der Waals surface area (Å²) >= 11 is 0. The minimum atomic E-state index is -0.173. The van der Waals surface area contributed by atoms with Gasteiger partial charge in [-0.25, -0.2) is 0 Å². The number of nitrogens with zero attached hydrogens (tertiary/aromatic N) is 2. The third-order valence-electron chi connectivity index (χ3n) is 3.89. The second-order valence-electron chi connectivity index (χ2n) is 6.10. The molecule has 0 saturated carbocycles. The van der Waals surface area contributed by atoms with Gasteiger partial charge in [0.25, 0.3) is 0 Å². The molecule has 0 aliphatic carbocycles. The fourth-order valence-corrected chi connectivity index (χ4v) is 2.53. The molecule has 1 amide bonds. The molecular weight excluding hydrogens is 296 g/mol. The molecule has 7 heteroatoms. The molecule has 1 aliphatic rings. The molecular formula is C16H30N4O3. The Kier molecular flexibility index (Phi) is 8.43. The number of carbonyl (C=O) groups excluding carboxylic acids is 2. The van der Waals surface area contributed by atoms with Crippen molar-refractivity contribution >= 4 is 17.8 Å². The molecule has 1 heterocycles. The number of carbonyl (C=O) groups is 2. The van der Waals surface area contributed by atoms with Crippen molar-refractivity contribution in [3.63, 3.8) is 0 Å². The van der Waals surface area contributed by atoms with Crippen LogP contribution in [0.5, 0.6) is 0 Å².